The van der Waals surface area contributed by atoms with Crippen LogP contribution in [0.15, 0.2) is 61.0 Å². The quantitative estimate of drug-likeness (QED) is 0.281. The molecule has 0 atom stereocenters. The maximum Gasteiger partial charge on any atom is 0.281 e. The van der Waals surface area contributed by atoms with Crippen LogP contribution in [0.2, 0.25) is 0 Å². The molecule has 0 amide bonds. The molecular formula is C19H11Br2N5O2. The molecule has 3 heterocycles. The van der Waals surface area contributed by atoms with E-state index in [4.69, 9.17) is 4.98 Å². The first-order valence-electron chi connectivity index (χ1n) is 8.33. The van der Waals surface area contributed by atoms with Crippen molar-refractivity contribution in [1.82, 2.24) is 24.4 Å². The van der Waals surface area contributed by atoms with Crippen LogP contribution in [-0.4, -0.2) is 24.4 Å². The maximum atomic E-state index is 13.5. The molecule has 5 rings (SSSR count). The molecule has 28 heavy (non-hydrogen) atoms. The molecule has 0 radical (unpaired) electrons. The van der Waals surface area contributed by atoms with E-state index >= 15 is 0 Å². The third kappa shape index (κ3) is 2.39. The standard InChI is InChI=1S/C19H11Br2N5O2/c1-9-6-15(24-23-9)25-18(27)12-5-3-2-4-11(12)17-22-16-13(19(28)26(17)25)7-10(20)8-14(16)21/h2-8H,1H3,(H,23,24). The highest BCUT2D eigenvalue weighted by Gasteiger charge is 2.19. The number of fused-ring (bicyclic) bond motifs is 4. The number of aryl methyl sites for hydroxylation is 1. The zero-order valence-corrected chi connectivity index (χ0v) is 17.6. The van der Waals surface area contributed by atoms with Gasteiger partial charge in [0.25, 0.3) is 11.1 Å². The number of H-pyrrole nitrogens is 1. The number of aromatic amines is 1. The molecule has 0 saturated carbocycles. The van der Waals surface area contributed by atoms with Crippen molar-refractivity contribution in [2.24, 2.45) is 0 Å². The lowest BCUT2D eigenvalue weighted by Gasteiger charge is -2.13. The summed E-state index contributed by atoms with van der Waals surface area (Å²) in [5.41, 5.74) is 0.992. The summed E-state index contributed by atoms with van der Waals surface area (Å²) in [4.78, 5) is 31.5. The van der Waals surface area contributed by atoms with E-state index in [0.717, 1.165) is 10.2 Å². The van der Waals surface area contributed by atoms with Gasteiger partial charge < -0.3 is 0 Å². The molecule has 138 valence electrons. The van der Waals surface area contributed by atoms with Crippen LogP contribution >= 0.6 is 31.9 Å². The Hall–Kier alpha value is -2.78. The van der Waals surface area contributed by atoms with Gasteiger partial charge in [0.05, 0.1) is 16.3 Å². The first-order valence-corrected chi connectivity index (χ1v) is 9.92. The minimum atomic E-state index is -0.356. The van der Waals surface area contributed by atoms with Crippen molar-refractivity contribution < 1.29 is 0 Å². The van der Waals surface area contributed by atoms with Gasteiger partial charge >= 0.3 is 0 Å². The summed E-state index contributed by atoms with van der Waals surface area (Å²) in [6.07, 6.45) is 0. The van der Waals surface area contributed by atoms with E-state index in [9.17, 15) is 9.59 Å². The lowest BCUT2D eigenvalue weighted by molar-refractivity contribution is 0.707. The summed E-state index contributed by atoms with van der Waals surface area (Å²) in [6, 6.07) is 12.4. The highest BCUT2D eigenvalue weighted by molar-refractivity contribution is 9.11. The number of benzene rings is 2. The summed E-state index contributed by atoms with van der Waals surface area (Å²) < 4.78 is 3.98. The Morgan fingerprint density at radius 1 is 0.964 bits per heavy atom. The molecule has 7 nitrogen and oxygen atoms in total. The first kappa shape index (κ1) is 17.3. The second kappa shape index (κ2) is 6.11. The normalized spacial score (nSPS) is 11.7. The highest BCUT2D eigenvalue weighted by atomic mass is 79.9. The number of hydrogen-bond donors (Lipinski definition) is 1. The molecule has 1 N–H and O–H groups in total. The van der Waals surface area contributed by atoms with Crippen LogP contribution in [0.25, 0.3) is 33.1 Å². The first-order chi connectivity index (χ1) is 13.5. The average Bonchev–Trinajstić information content (AvgIpc) is 3.10. The smallest absolute Gasteiger partial charge is 0.281 e. The van der Waals surface area contributed by atoms with Crippen LogP contribution in [0.4, 0.5) is 0 Å². The van der Waals surface area contributed by atoms with Crippen molar-refractivity contribution in [3.05, 3.63) is 77.8 Å². The Kier molecular flexibility index (Phi) is 3.78. The van der Waals surface area contributed by atoms with Crippen molar-refractivity contribution >= 4 is 59.2 Å². The van der Waals surface area contributed by atoms with E-state index in [1.807, 2.05) is 19.1 Å². The van der Waals surface area contributed by atoms with E-state index < -0.39 is 0 Å². The van der Waals surface area contributed by atoms with Gasteiger partial charge in [-0.1, -0.05) is 34.1 Å². The Labute approximate surface area is 173 Å². The molecule has 2 aromatic carbocycles. The summed E-state index contributed by atoms with van der Waals surface area (Å²) in [6.45, 7) is 1.83. The molecule has 0 spiro atoms. The van der Waals surface area contributed by atoms with Gasteiger partial charge in [-0.05, 0) is 41.1 Å². The van der Waals surface area contributed by atoms with Crippen molar-refractivity contribution in [2.45, 2.75) is 6.92 Å². The number of nitrogens with zero attached hydrogens (tertiary/aromatic N) is 4. The minimum Gasteiger partial charge on any atom is -0.281 e. The monoisotopic (exact) mass is 499 g/mol. The van der Waals surface area contributed by atoms with E-state index in [1.54, 1.807) is 30.3 Å². The highest BCUT2D eigenvalue weighted by Crippen LogP contribution is 2.27. The van der Waals surface area contributed by atoms with E-state index in [-0.39, 0.29) is 11.1 Å². The number of hydrogen-bond acceptors (Lipinski definition) is 4. The fourth-order valence-electron chi connectivity index (χ4n) is 3.35. The average molecular weight is 501 g/mol. The molecule has 0 unspecified atom stereocenters. The van der Waals surface area contributed by atoms with Crippen LogP contribution in [0.1, 0.15) is 5.69 Å². The fourth-order valence-corrected chi connectivity index (χ4v) is 4.67. The minimum absolute atomic E-state index is 0.329. The SMILES string of the molecule is Cc1cc(-n2c(=O)c3ccccc3c3nc4c(Br)cc(Br)cc4c(=O)n32)n[nH]1. The van der Waals surface area contributed by atoms with E-state index in [2.05, 4.69) is 42.1 Å². The van der Waals surface area contributed by atoms with Crippen LogP contribution in [0, 0.1) is 6.92 Å². The molecule has 0 bridgehead atoms. The molecule has 0 aliphatic rings. The molecule has 3 aromatic heterocycles. The number of aromatic nitrogens is 5. The fraction of sp³-hybridized carbons (Fsp3) is 0.0526. The predicted molar refractivity (Wildman–Crippen MR) is 114 cm³/mol. The van der Waals surface area contributed by atoms with Gasteiger partial charge in [0.2, 0.25) is 0 Å². The second-order valence-corrected chi connectivity index (χ2v) is 8.18. The van der Waals surface area contributed by atoms with Crippen molar-refractivity contribution in [1.29, 1.82) is 0 Å². The predicted octanol–water partition coefficient (Wildman–Crippen LogP) is 3.71. The van der Waals surface area contributed by atoms with E-state index in [1.165, 1.54) is 9.20 Å². The second-order valence-electron chi connectivity index (χ2n) is 6.41. The zero-order valence-electron chi connectivity index (χ0n) is 14.4. The van der Waals surface area contributed by atoms with Gasteiger partial charge in [0.1, 0.15) is 0 Å². The Morgan fingerprint density at radius 2 is 1.71 bits per heavy atom. The molecule has 5 aromatic rings. The topological polar surface area (TPSA) is 85.1 Å². The molecule has 0 saturated heterocycles. The van der Waals surface area contributed by atoms with Gasteiger partial charge in [0.15, 0.2) is 11.5 Å². The van der Waals surface area contributed by atoms with Gasteiger partial charge in [-0.25, -0.2) is 4.98 Å². The number of nitrogens with one attached hydrogen (secondary N) is 1. The van der Waals surface area contributed by atoms with Gasteiger partial charge in [-0.3, -0.25) is 14.7 Å². The van der Waals surface area contributed by atoms with Crippen LogP contribution < -0.4 is 11.1 Å². The third-order valence-electron chi connectivity index (χ3n) is 4.57. The van der Waals surface area contributed by atoms with Crippen LogP contribution in [-0.2, 0) is 0 Å². The summed E-state index contributed by atoms with van der Waals surface area (Å²) in [7, 11) is 0. The third-order valence-corrected chi connectivity index (χ3v) is 5.63. The maximum absolute atomic E-state index is 13.5. The summed E-state index contributed by atoms with van der Waals surface area (Å²) in [5, 5.41) is 8.46. The van der Waals surface area contributed by atoms with Crippen molar-refractivity contribution in [3.8, 4) is 5.82 Å². The number of rotatable bonds is 1. The zero-order chi connectivity index (χ0) is 19.6. The summed E-state index contributed by atoms with van der Waals surface area (Å²) >= 11 is 6.90. The Bertz CT molecular complexity index is 1550. The van der Waals surface area contributed by atoms with Crippen LogP contribution in [0.5, 0.6) is 0 Å². The van der Waals surface area contributed by atoms with Gasteiger partial charge in [-0.15, -0.1) is 0 Å². The Morgan fingerprint density at radius 3 is 2.43 bits per heavy atom. The molecule has 0 fully saturated rings. The van der Waals surface area contributed by atoms with Gasteiger partial charge in [0, 0.05) is 26.1 Å². The molecule has 0 aliphatic carbocycles. The Balaban J connectivity index is 2.15. The summed E-state index contributed by atoms with van der Waals surface area (Å²) in [5.74, 6) is 0.329. The van der Waals surface area contributed by atoms with Crippen molar-refractivity contribution in [3.63, 3.8) is 0 Å². The molecule has 9 heteroatoms. The molecule has 0 aliphatic heterocycles. The lowest BCUT2D eigenvalue weighted by Crippen LogP contribution is -2.33. The van der Waals surface area contributed by atoms with E-state index in [0.29, 0.717) is 37.6 Å². The lowest BCUT2D eigenvalue weighted by atomic mass is 10.2. The van der Waals surface area contributed by atoms with Gasteiger partial charge in [-0.2, -0.15) is 14.3 Å². The largest absolute Gasteiger partial charge is 0.281 e. The molecular weight excluding hydrogens is 490 g/mol. The van der Waals surface area contributed by atoms with Crippen molar-refractivity contribution in [2.75, 3.05) is 0 Å². The van der Waals surface area contributed by atoms with Crippen LogP contribution in [0.3, 0.4) is 0 Å². The number of halogens is 2.